The maximum atomic E-state index is 11.9. The van der Waals surface area contributed by atoms with Gasteiger partial charge < -0.3 is 10.2 Å². The Morgan fingerprint density at radius 1 is 1.18 bits per heavy atom. The highest BCUT2D eigenvalue weighted by atomic mass is 16.2. The lowest BCUT2D eigenvalue weighted by Crippen LogP contribution is -2.53. The molecule has 2 N–H and O–H groups in total. The van der Waals surface area contributed by atoms with Gasteiger partial charge in [-0.1, -0.05) is 0 Å². The van der Waals surface area contributed by atoms with Crippen LogP contribution < -0.4 is 10.6 Å². The Kier molecular flexibility index (Phi) is 2.39. The van der Waals surface area contributed by atoms with E-state index in [2.05, 4.69) is 15.6 Å². The average molecular weight is 236 g/mol. The van der Waals surface area contributed by atoms with Crippen LogP contribution in [0.2, 0.25) is 0 Å². The Bertz CT molecular complexity index is 392. The number of hydrogen-bond donors (Lipinski definition) is 2. The van der Waals surface area contributed by atoms with E-state index < -0.39 is 5.41 Å². The third-order valence-corrected chi connectivity index (χ3v) is 3.67. The molecule has 0 atom stereocenters. The van der Waals surface area contributed by atoms with Gasteiger partial charge in [-0.3, -0.25) is 14.9 Å². The lowest BCUT2D eigenvalue weighted by Gasteiger charge is -2.28. The molecule has 0 aromatic rings. The summed E-state index contributed by atoms with van der Waals surface area (Å²) in [7, 11) is 0. The monoisotopic (exact) mass is 236 g/mol. The molecule has 0 aromatic heterocycles. The van der Waals surface area contributed by atoms with Crippen LogP contribution in [-0.2, 0) is 9.59 Å². The van der Waals surface area contributed by atoms with Gasteiger partial charge >= 0.3 is 0 Å². The van der Waals surface area contributed by atoms with Crippen LogP contribution in [0.4, 0.5) is 0 Å². The normalized spacial score (nSPS) is 27.5. The van der Waals surface area contributed by atoms with Crippen LogP contribution >= 0.6 is 0 Å². The van der Waals surface area contributed by atoms with Crippen LogP contribution in [0.25, 0.3) is 0 Å². The molecule has 2 amide bonds. The number of nitrogens with zero attached hydrogens (tertiary/aromatic N) is 2. The van der Waals surface area contributed by atoms with Gasteiger partial charge in [-0.25, -0.2) is 0 Å². The van der Waals surface area contributed by atoms with Crippen LogP contribution in [0.5, 0.6) is 0 Å². The molecule has 1 spiro atoms. The van der Waals surface area contributed by atoms with Crippen molar-refractivity contribution in [2.45, 2.75) is 19.3 Å². The molecule has 92 valence electrons. The fourth-order valence-electron chi connectivity index (χ4n) is 2.32. The van der Waals surface area contributed by atoms with E-state index in [0.29, 0.717) is 18.8 Å². The van der Waals surface area contributed by atoms with Crippen molar-refractivity contribution in [2.75, 3.05) is 26.2 Å². The summed E-state index contributed by atoms with van der Waals surface area (Å²) in [5.41, 5.74) is -0.798. The van der Waals surface area contributed by atoms with Crippen molar-refractivity contribution in [3.8, 4) is 0 Å². The standard InChI is InChI=1S/C11H16N4O2/c16-8-11(2-3-11)9(17)14-10(13-8)15-6-1-4-12-5-7-15/h12H,1-7H2,(H,13,14,16,17). The summed E-state index contributed by atoms with van der Waals surface area (Å²) in [5, 5.41) is 6.06. The van der Waals surface area contributed by atoms with Crippen LogP contribution in [0.3, 0.4) is 0 Å². The summed E-state index contributed by atoms with van der Waals surface area (Å²) in [5.74, 6) is 0.0272. The van der Waals surface area contributed by atoms with Gasteiger partial charge in [-0.2, -0.15) is 4.99 Å². The number of amides is 2. The summed E-state index contributed by atoms with van der Waals surface area (Å²) < 4.78 is 0. The number of hydrogen-bond acceptors (Lipinski definition) is 4. The van der Waals surface area contributed by atoms with Crippen LogP contribution in [0.1, 0.15) is 19.3 Å². The minimum Gasteiger partial charge on any atom is -0.341 e. The maximum Gasteiger partial charge on any atom is 0.264 e. The molecular formula is C11H16N4O2. The predicted octanol–water partition coefficient (Wildman–Crippen LogP) is -0.926. The summed E-state index contributed by atoms with van der Waals surface area (Å²) >= 11 is 0. The van der Waals surface area contributed by atoms with Gasteiger partial charge in [-0.05, 0) is 25.8 Å². The van der Waals surface area contributed by atoms with Crippen LogP contribution in [0.15, 0.2) is 4.99 Å². The molecule has 2 heterocycles. The van der Waals surface area contributed by atoms with Gasteiger partial charge in [0.25, 0.3) is 5.91 Å². The van der Waals surface area contributed by atoms with E-state index in [1.165, 1.54) is 0 Å². The zero-order valence-corrected chi connectivity index (χ0v) is 9.66. The maximum absolute atomic E-state index is 11.9. The predicted molar refractivity (Wildman–Crippen MR) is 61.3 cm³/mol. The fourth-order valence-corrected chi connectivity index (χ4v) is 2.32. The second-order valence-corrected chi connectivity index (χ2v) is 4.87. The Morgan fingerprint density at radius 3 is 2.71 bits per heavy atom. The molecule has 0 unspecified atom stereocenters. The SMILES string of the molecule is O=C1N=C(N2CCCNCC2)NC(=O)C12CC2. The van der Waals surface area contributed by atoms with E-state index in [1.54, 1.807) is 0 Å². The Morgan fingerprint density at radius 2 is 2.00 bits per heavy atom. The molecule has 1 saturated heterocycles. The lowest BCUT2D eigenvalue weighted by molar-refractivity contribution is -0.135. The molecule has 3 rings (SSSR count). The molecule has 0 bridgehead atoms. The average Bonchev–Trinajstić information content (AvgIpc) is 3.12. The molecule has 6 heteroatoms. The van der Waals surface area contributed by atoms with E-state index in [-0.39, 0.29) is 11.8 Å². The van der Waals surface area contributed by atoms with Crippen molar-refractivity contribution in [2.24, 2.45) is 10.4 Å². The van der Waals surface area contributed by atoms with Crippen molar-refractivity contribution in [1.29, 1.82) is 0 Å². The molecular weight excluding hydrogens is 220 g/mol. The first kappa shape index (κ1) is 10.7. The Hall–Kier alpha value is -1.43. The minimum atomic E-state index is -0.798. The van der Waals surface area contributed by atoms with Gasteiger partial charge in [0.05, 0.1) is 0 Å². The third kappa shape index (κ3) is 1.72. The summed E-state index contributed by atoms with van der Waals surface area (Å²) in [6, 6.07) is 0. The zero-order chi connectivity index (χ0) is 11.9. The second-order valence-electron chi connectivity index (χ2n) is 4.87. The van der Waals surface area contributed by atoms with Crippen molar-refractivity contribution >= 4 is 17.8 Å². The van der Waals surface area contributed by atoms with Gasteiger partial charge in [0.2, 0.25) is 11.9 Å². The highest BCUT2D eigenvalue weighted by Gasteiger charge is 2.59. The van der Waals surface area contributed by atoms with Crippen LogP contribution in [0, 0.1) is 5.41 Å². The number of carbonyl (C=O) groups excluding carboxylic acids is 2. The van der Waals surface area contributed by atoms with Crippen LogP contribution in [-0.4, -0.2) is 48.9 Å². The van der Waals surface area contributed by atoms with E-state index in [1.807, 2.05) is 4.90 Å². The number of nitrogens with one attached hydrogen (secondary N) is 2. The summed E-state index contributed by atoms with van der Waals surface area (Å²) in [6.07, 6.45) is 2.29. The van der Waals surface area contributed by atoms with Gasteiger partial charge in [0.15, 0.2) is 0 Å². The largest absolute Gasteiger partial charge is 0.341 e. The Labute approximate surface area is 99.4 Å². The molecule has 2 aliphatic heterocycles. The van der Waals surface area contributed by atoms with E-state index in [9.17, 15) is 9.59 Å². The van der Waals surface area contributed by atoms with Crippen molar-refractivity contribution < 1.29 is 9.59 Å². The molecule has 0 radical (unpaired) electrons. The molecule has 3 aliphatic rings. The number of carbonyl (C=O) groups is 2. The van der Waals surface area contributed by atoms with Gasteiger partial charge in [-0.15, -0.1) is 0 Å². The summed E-state index contributed by atoms with van der Waals surface area (Å²) in [4.78, 5) is 29.7. The first-order chi connectivity index (χ1) is 8.22. The molecule has 0 aromatic carbocycles. The fraction of sp³-hybridized carbons (Fsp3) is 0.727. The molecule has 17 heavy (non-hydrogen) atoms. The molecule has 1 aliphatic carbocycles. The first-order valence-electron chi connectivity index (χ1n) is 6.13. The highest BCUT2D eigenvalue weighted by Crippen LogP contribution is 2.48. The highest BCUT2D eigenvalue weighted by molar-refractivity contribution is 6.19. The number of rotatable bonds is 0. The van der Waals surface area contributed by atoms with Crippen molar-refractivity contribution in [3.63, 3.8) is 0 Å². The second kappa shape index (κ2) is 3.80. The van der Waals surface area contributed by atoms with Crippen molar-refractivity contribution in [1.82, 2.24) is 15.5 Å². The van der Waals surface area contributed by atoms with E-state index in [4.69, 9.17) is 0 Å². The van der Waals surface area contributed by atoms with Gasteiger partial charge in [0, 0.05) is 19.6 Å². The molecule has 1 saturated carbocycles. The quantitative estimate of drug-likeness (QED) is 0.533. The third-order valence-electron chi connectivity index (χ3n) is 3.67. The van der Waals surface area contributed by atoms with Gasteiger partial charge in [0.1, 0.15) is 5.41 Å². The molecule has 2 fully saturated rings. The zero-order valence-electron chi connectivity index (χ0n) is 9.66. The van der Waals surface area contributed by atoms with E-state index >= 15 is 0 Å². The number of guanidine groups is 1. The van der Waals surface area contributed by atoms with E-state index in [0.717, 1.165) is 32.6 Å². The lowest BCUT2D eigenvalue weighted by atomic mass is 10.0. The smallest absolute Gasteiger partial charge is 0.264 e. The minimum absolute atomic E-state index is 0.162. The topological polar surface area (TPSA) is 73.8 Å². The Balaban J connectivity index is 1.79. The summed E-state index contributed by atoms with van der Waals surface area (Å²) in [6.45, 7) is 3.43. The first-order valence-corrected chi connectivity index (χ1v) is 6.13. The van der Waals surface area contributed by atoms with Crippen molar-refractivity contribution in [3.05, 3.63) is 0 Å². The molecule has 6 nitrogen and oxygen atoms in total. The number of aliphatic imine (C=N–C) groups is 1.